The topological polar surface area (TPSA) is 84.5 Å². The van der Waals surface area contributed by atoms with Crippen molar-refractivity contribution in [1.29, 1.82) is 0 Å². The predicted molar refractivity (Wildman–Crippen MR) is 107 cm³/mol. The smallest absolute Gasteiger partial charge is 0.251 e. The molecule has 0 spiro atoms. The summed E-state index contributed by atoms with van der Waals surface area (Å²) >= 11 is 1.68. The summed E-state index contributed by atoms with van der Waals surface area (Å²) in [5.41, 5.74) is 1.45. The van der Waals surface area contributed by atoms with Crippen molar-refractivity contribution in [3.63, 3.8) is 0 Å². The minimum absolute atomic E-state index is 0.0658. The third kappa shape index (κ3) is 4.13. The van der Waals surface area contributed by atoms with E-state index < -0.39 is 10.0 Å². The number of methoxy groups -OCH3 is 1. The van der Waals surface area contributed by atoms with E-state index in [0.717, 1.165) is 0 Å². The zero-order valence-corrected chi connectivity index (χ0v) is 16.6. The Morgan fingerprint density at radius 3 is 2.70 bits per heavy atom. The highest BCUT2D eigenvalue weighted by molar-refractivity contribution is 7.89. The summed E-state index contributed by atoms with van der Waals surface area (Å²) in [7, 11) is -1.03. The van der Waals surface area contributed by atoms with Crippen LogP contribution in [-0.4, -0.2) is 35.0 Å². The molecule has 0 aliphatic carbocycles. The standard InChI is InChI=1S/C19H20N2O4S2/c1-20-27(23,24)18-11-13(7-8-16(18)25-2)19(22)21-10-9-14-12-26-17-6-4-3-5-15(14)17/h3-8,11-12,20H,9-10H2,1-2H3,(H,21,22). The van der Waals surface area contributed by atoms with Crippen LogP contribution in [0.2, 0.25) is 0 Å². The average molecular weight is 405 g/mol. The highest BCUT2D eigenvalue weighted by Gasteiger charge is 2.20. The molecule has 27 heavy (non-hydrogen) atoms. The van der Waals surface area contributed by atoms with Crippen LogP contribution in [0.5, 0.6) is 5.75 Å². The second kappa shape index (κ2) is 8.08. The van der Waals surface area contributed by atoms with Crippen molar-refractivity contribution >= 4 is 37.4 Å². The van der Waals surface area contributed by atoms with Crippen LogP contribution >= 0.6 is 11.3 Å². The lowest BCUT2D eigenvalue weighted by atomic mass is 10.1. The van der Waals surface area contributed by atoms with Gasteiger partial charge in [0.2, 0.25) is 10.0 Å². The van der Waals surface area contributed by atoms with E-state index in [1.54, 1.807) is 17.4 Å². The summed E-state index contributed by atoms with van der Waals surface area (Å²) in [4.78, 5) is 12.4. The largest absolute Gasteiger partial charge is 0.495 e. The summed E-state index contributed by atoms with van der Waals surface area (Å²) in [5.74, 6) is -0.143. The predicted octanol–water partition coefficient (Wildman–Crippen LogP) is 2.79. The van der Waals surface area contributed by atoms with Crippen LogP contribution in [0, 0.1) is 0 Å². The quantitative estimate of drug-likeness (QED) is 0.634. The van der Waals surface area contributed by atoms with E-state index in [1.807, 2.05) is 12.1 Å². The normalized spacial score (nSPS) is 11.5. The van der Waals surface area contributed by atoms with Crippen molar-refractivity contribution in [3.05, 3.63) is 59.0 Å². The van der Waals surface area contributed by atoms with E-state index in [0.29, 0.717) is 13.0 Å². The van der Waals surface area contributed by atoms with Crippen molar-refractivity contribution in [3.8, 4) is 5.75 Å². The number of sulfonamides is 1. The second-order valence-corrected chi connectivity index (χ2v) is 8.60. The first-order valence-corrected chi connectivity index (χ1v) is 10.7. The fourth-order valence-corrected chi connectivity index (χ4v) is 4.69. The van der Waals surface area contributed by atoms with Gasteiger partial charge in [-0.05, 0) is 54.1 Å². The molecule has 0 fully saturated rings. The highest BCUT2D eigenvalue weighted by atomic mass is 32.2. The molecule has 0 atom stereocenters. The van der Waals surface area contributed by atoms with E-state index in [9.17, 15) is 13.2 Å². The summed E-state index contributed by atoms with van der Waals surface area (Å²) in [6, 6.07) is 12.5. The van der Waals surface area contributed by atoms with Gasteiger partial charge in [-0.25, -0.2) is 13.1 Å². The Labute approximate surface area is 162 Å². The van der Waals surface area contributed by atoms with Gasteiger partial charge in [-0.15, -0.1) is 11.3 Å². The number of rotatable bonds is 7. The Hall–Kier alpha value is -2.42. The zero-order chi connectivity index (χ0) is 19.4. The van der Waals surface area contributed by atoms with E-state index in [2.05, 4.69) is 27.6 Å². The molecule has 142 valence electrons. The van der Waals surface area contributed by atoms with Gasteiger partial charge < -0.3 is 10.1 Å². The summed E-state index contributed by atoms with van der Waals surface area (Å²) in [6.45, 7) is 0.458. The fraction of sp³-hybridized carbons (Fsp3) is 0.211. The van der Waals surface area contributed by atoms with Crippen molar-refractivity contribution in [2.75, 3.05) is 20.7 Å². The number of carbonyl (C=O) groups is 1. The van der Waals surface area contributed by atoms with Crippen LogP contribution in [0.3, 0.4) is 0 Å². The SMILES string of the molecule is CNS(=O)(=O)c1cc(C(=O)NCCc2csc3ccccc23)ccc1OC. The molecule has 1 heterocycles. The number of hydrogen-bond donors (Lipinski definition) is 2. The van der Waals surface area contributed by atoms with Crippen LogP contribution in [0.15, 0.2) is 52.7 Å². The van der Waals surface area contributed by atoms with Crippen LogP contribution < -0.4 is 14.8 Å². The van der Waals surface area contributed by atoms with E-state index in [-0.39, 0.29) is 22.1 Å². The van der Waals surface area contributed by atoms with Gasteiger partial charge in [-0.3, -0.25) is 4.79 Å². The van der Waals surface area contributed by atoms with Gasteiger partial charge >= 0.3 is 0 Å². The van der Waals surface area contributed by atoms with Gasteiger partial charge in [0.1, 0.15) is 10.6 Å². The maximum atomic E-state index is 12.4. The number of hydrogen-bond acceptors (Lipinski definition) is 5. The van der Waals surface area contributed by atoms with Crippen LogP contribution in [0.4, 0.5) is 0 Å². The summed E-state index contributed by atoms with van der Waals surface area (Å²) in [6.07, 6.45) is 0.702. The Morgan fingerprint density at radius 2 is 1.96 bits per heavy atom. The first-order valence-electron chi connectivity index (χ1n) is 8.31. The molecule has 1 amide bonds. The number of amides is 1. The molecule has 0 saturated heterocycles. The highest BCUT2D eigenvalue weighted by Crippen LogP contribution is 2.26. The second-order valence-electron chi connectivity index (χ2n) is 5.84. The lowest BCUT2D eigenvalue weighted by molar-refractivity contribution is 0.0954. The molecule has 0 radical (unpaired) electrons. The molecule has 0 bridgehead atoms. The van der Waals surface area contributed by atoms with Crippen molar-refractivity contribution < 1.29 is 17.9 Å². The molecule has 0 unspecified atom stereocenters. The first-order chi connectivity index (χ1) is 13.0. The van der Waals surface area contributed by atoms with Crippen LogP contribution in [0.25, 0.3) is 10.1 Å². The van der Waals surface area contributed by atoms with E-state index >= 15 is 0 Å². The molecule has 0 aliphatic heterocycles. The monoisotopic (exact) mass is 404 g/mol. The number of benzene rings is 2. The Bertz CT molecular complexity index is 1070. The molecule has 0 aliphatic rings. The molecular weight excluding hydrogens is 384 g/mol. The number of fused-ring (bicyclic) bond motifs is 1. The minimum Gasteiger partial charge on any atom is -0.495 e. The minimum atomic E-state index is -3.73. The maximum Gasteiger partial charge on any atom is 0.251 e. The number of thiophene rings is 1. The third-order valence-corrected chi connectivity index (χ3v) is 6.67. The van der Waals surface area contributed by atoms with Crippen LogP contribution in [0.1, 0.15) is 15.9 Å². The molecule has 2 N–H and O–H groups in total. The van der Waals surface area contributed by atoms with Gasteiger partial charge in [-0.2, -0.15) is 0 Å². The zero-order valence-electron chi connectivity index (χ0n) is 15.0. The lowest BCUT2D eigenvalue weighted by Crippen LogP contribution is -2.26. The summed E-state index contributed by atoms with van der Waals surface area (Å²) in [5, 5.41) is 6.14. The number of nitrogens with one attached hydrogen (secondary N) is 2. The molecule has 3 aromatic rings. The third-order valence-electron chi connectivity index (χ3n) is 4.23. The Morgan fingerprint density at radius 1 is 1.19 bits per heavy atom. The van der Waals surface area contributed by atoms with Gasteiger partial charge in [0.25, 0.3) is 5.91 Å². The summed E-state index contributed by atoms with van der Waals surface area (Å²) < 4.78 is 32.8. The molecular formula is C19H20N2O4S2. The average Bonchev–Trinajstić information content (AvgIpc) is 3.10. The number of carbonyl (C=O) groups excluding carboxylic acids is 1. The molecule has 8 heteroatoms. The van der Waals surface area contributed by atoms with Gasteiger partial charge in [0.15, 0.2) is 0 Å². The molecule has 3 rings (SSSR count). The van der Waals surface area contributed by atoms with Gasteiger partial charge in [-0.1, -0.05) is 18.2 Å². The fourth-order valence-electron chi connectivity index (χ4n) is 2.78. The van der Waals surface area contributed by atoms with E-state index in [1.165, 1.54) is 41.9 Å². The molecule has 1 aromatic heterocycles. The van der Waals surface area contributed by atoms with E-state index in [4.69, 9.17) is 4.74 Å². The maximum absolute atomic E-state index is 12.4. The molecule has 6 nitrogen and oxygen atoms in total. The van der Waals surface area contributed by atoms with Gasteiger partial charge in [0.05, 0.1) is 7.11 Å². The van der Waals surface area contributed by atoms with Gasteiger partial charge in [0, 0.05) is 16.8 Å². The van der Waals surface area contributed by atoms with Crippen molar-refractivity contribution in [2.24, 2.45) is 0 Å². The molecule has 0 saturated carbocycles. The van der Waals surface area contributed by atoms with Crippen LogP contribution in [-0.2, 0) is 16.4 Å². The Kier molecular flexibility index (Phi) is 5.79. The van der Waals surface area contributed by atoms with Crippen molar-refractivity contribution in [1.82, 2.24) is 10.0 Å². The Balaban J connectivity index is 1.72. The lowest BCUT2D eigenvalue weighted by Gasteiger charge is -2.11. The molecule has 2 aromatic carbocycles. The first kappa shape index (κ1) is 19.3. The van der Waals surface area contributed by atoms with Crippen molar-refractivity contribution in [2.45, 2.75) is 11.3 Å². The number of ether oxygens (including phenoxy) is 1.